The summed E-state index contributed by atoms with van der Waals surface area (Å²) >= 11 is 12.2. The minimum Gasteiger partial charge on any atom is -0.359 e. The van der Waals surface area contributed by atoms with Gasteiger partial charge in [0, 0.05) is 31.0 Å². The van der Waals surface area contributed by atoms with Gasteiger partial charge in [0.2, 0.25) is 5.91 Å². The summed E-state index contributed by atoms with van der Waals surface area (Å²) in [5.41, 5.74) is 1.23. The van der Waals surface area contributed by atoms with Crippen molar-refractivity contribution in [1.82, 2.24) is 15.2 Å². The fraction of sp³-hybridized carbons (Fsp3) is 0.375. The zero-order valence-corrected chi connectivity index (χ0v) is 14.2. The number of carbonyl (C=O) groups is 2. The van der Waals surface area contributed by atoms with Gasteiger partial charge in [0.15, 0.2) is 0 Å². The molecule has 7 heteroatoms. The zero-order valence-electron chi connectivity index (χ0n) is 12.7. The number of H-pyrrole nitrogens is 1. The van der Waals surface area contributed by atoms with E-state index in [0.29, 0.717) is 28.8 Å². The van der Waals surface area contributed by atoms with E-state index >= 15 is 0 Å². The summed E-state index contributed by atoms with van der Waals surface area (Å²) < 4.78 is 0. The van der Waals surface area contributed by atoms with Crippen LogP contribution in [-0.2, 0) is 4.79 Å². The molecule has 3 rings (SSSR count). The van der Waals surface area contributed by atoms with Crippen molar-refractivity contribution >= 4 is 45.9 Å². The Hall–Kier alpha value is -1.72. The van der Waals surface area contributed by atoms with Crippen LogP contribution in [0.3, 0.4) is 0 Å². The molecular weight excluding hydrogens is 337 g/mol. The summed E-state index contributed by atoms with van der Waals surface area (Å²) in [6.07, 6.45) is 1.62. The lowest BCUT2D eigenvalue weighted by Gasteiger charge is -2.31. The first kappa shape index (κ1) is 16.1. The van der Waals surface area contributed by atoms with Crippen molar-refractivity contribution in [2.75, 3.05) is 20.1 Å². The molecular formula is C16H17Cl2N3O2. The molecule has 2 aromatic rings. The summed E-state index contributed by atoms with van der Waals surface area (Å²) in [7, 11) is 1.62. The quantitative estimate of drug-likeness (QED) is 0.871. The van der Waals surface area contributed by atoms with Crippen molar-refractivity contribution in [3.63, 3.8) is 0 Å². The number of nitrogens with one attached hydrogen (secondary N) is 2. The molecule has 0 radical (unpaired) electrons. The first-order valence-electron chi connectivity index (χ1n) is 7.49. The van der Waals surface area contributed by atoms with Gasteiger partial charge in [0.25, 0.3) is 5.91 Å². The van der Waals surface area contributed by atoms with Gasteiger partial charge in [-0.15, -0.1) is 0 Å². The van der Waals surface area contributed by atoms with Crippen molar-refractivity contribution in [2.45, 2.75) is 12.8 Å². The topological polar surface area (TPSA) is 65.2 Å². The third kappa shape index (κ3) is 3.03. The maximum Gasteiger partial charge on any atom is 0.270 e. The summed E-state index contributed by atoms with van der Waals surface area (Å²) in [5.74, 6) is -0.295. The van der Waals surface area contributed by atoms with E-state index in [1.807, 2.05) is 0 Å². The number of nitrogens with zero attached hydrogens (tertiary/aromatic N) is 1. The molecule has 0 bridgehead atoms. The monoisotopic (exact) mass is 353 g/mol. The van der Waals surface area contributed by atoms with Gasteiger partial charge >= 0.3 is 0 Å². The highest BCUT2D eigenvalue weighted by Crippen LogP contribution is 2.31. The maximum atomic E-state index is 12.7. The lowest BCUT2D eigenvalue weighted by molar-refractivity contribution is -0.125. The number of aromatic amines is 1. The van der Waals surface area contributed by atoms with Crippen LogP contribution in [0.1, 0.15) is 23.3 Å². The van der Waals surface area contributed by atoms with Crippen LogP contribution in [0.4, 0.5) is 0 Å². The number of hydrogen-bond acceptors (Lipinski definition) is 2. The van der Waals surface area contributed by atoms with Crippen LogP contribution in [0.2, 0.25) is 10.0 Å². The molecule has 1 saturated heterocycles. The van der Waals surface area contributed by atoms with Gasteiger partial charge in [0.1, 0.15) is 5.69 Å². The Morgan fingerprint density at radius 2 is 2.13 bits per heavy atom. The molecule has 0 spiro atoms. The van der Waals surface area contributed by atoms with Gasteiger partial charge in [-0.05, 0) is 31.0 Å². The Morgan fingerprint density at radius 3 is 2.87 bits per heavy atom. The fourth-order valence-electron chi connectivity index (χ4n) is 3.01. The molecule has 1 aliphatic heterocycles. The van der Waals surface area contributed by atoms with Gasteiger partial charge in [-0.2, -0.15) is 0 Å². The van der Waals surface area contributed by atoms with Gasteiger partial charge in [0.05, 0.1) is 16.0 Å². The van der Waals surface area contributed by atoms with Gasteiger partial charge < -0.3 is 15.2 Å². The predicted octanol–water partition coefficient (Wildman–Crippen LogP) is 3.07. The summed E-state index contributed by atoms with van der Waals surface area (Å²) in [6.45, 7) is 1.08. The number of halogens is 2. The van der Waals surface area contributed by atoms with Gasteiger partial charge in [-0.25, -0.2) is 0 Å². The number of hydrogen-bond donors (Lipinski definition) is 2. The second kappa shape index (κ2) is 6.42. The Morgan fingerprint density at radius 1 is 1.35 bits per heavy atom. The average molecular weight is 354 g/mol. The third-order valence-corrected chi connectivity index (χ3v) is 5.07. The Labute approximate surface area is 143 Å². The fourth-order valence-corrected chi connectivity index (χ4v) is 3.39. The molecule has 23 heavy (non-hydrogen) atoms. The zero-order chi connectivity index (χ0) is 16.6. The highest BCUT2D eigenvalue weighted by atomic mass is 35.5. The number of aromatic nitrogens is 1. The molecule has 2 amide bonds. The highest BCUT2D eigenvalue weighted by molar-refractivity contribution is 6.45. The number of benzene rings is 1. The van der Waals surface area contributed by atoms with E-state index in [2.05, 4.69) is 10.3 Å². The lowest BCUT2D eigenvalue weighted by Crippen LogP contribution is -2.44. The summed E-state index contributed by atoms with van der Waals surface area (Å²) in [6, 6.07) is 5.21. The minimum atomic E-state index is -0.153. The SMILES string of the molecule is CNC(=O)C1CCCN(C(=O)c2cc3c(Cl)c(Cl)ccc3[nH]2)C1. The van der Waals surface area contributed by atoms with Crippen molar-refractivity contribution in [1.29, 1.82) is 0 Å². The normalized spacial score (nSPS) is 18.2. The van der Waals surface area contributed by atoms with Crippen LogP contribution in [0.15, 0.2) is 18.2 Å². The van der Waals surface area contributed by atoms with E-state index in [9.17, 15) is 9.59 Å². The van der Waals surface area contributed by atoms with E-state index in [1.54, 1.807) is 30.1 Å². The molecule has 0 saturated carbocycles. The van der Waals surface area contributed by atoms with Crippen LogP contribution in [0.5, 0.6) is 0 Å². The van der Waals surface area contributed by atoms with E-state index < -0.39 is 0 Å². The molecule has 0 aliphatic carbocycles. The molecule has 1 fully saturated rings. The largest absolute Gasteiger partial charge is 0.359 e. The first-order valence-corrected chi connectivity index (χ1v) is 8.24. The molecule has 1 aliphatic rings. The first-order chi connectivity index (χ1) is 11.0. The second-order valence-electron chi connectivity index (χ2n) is 5.71. The molecule has 2 N–H and O–H groups in total. The lowest BCUT2D eigenvalue weighted by atomic mass is 9.97. The number of fused-ring (bicyclic) bond motifs is 1. The van der Waals surface area contributed by atoms with E-state index in [-0.39, 0.29) is 17.7 Å². The molecule has 122 valence electrons. The molecule has 1 aromatic heterocycles. The minimum absolute atomic E-state index is 0.0195. The Bertz CT molecular complexity index is 772. The second-order valence-corrected chi connectivity index (χ2v) is 6.50. The highest BCUT2D eigenvalue weighted by Gasteiger charge is 2.29. The number of amides is 2. The molecule has 1 unspecified atom stereocenters. The van der Waals surface area contributed by atoms with E-state index in [1.165, 1.54) is 0 Å². The van der Waals surface area contributed by atoms with Crippen molar-refractivity contribution in [3.8, 4) is 0 Å². The third-order valence-electron chi connectivity index (χ3n) is 4.25. The molecule has 1 aromatic carbocycles. The molecule has 5 nitrogen and oxygen atoms in total. The summed E-state index contributed by atoms with van der Waals surface area (Å²) in [5, 5.41) is 4.26. The van der Waals surface area contributed by atoms with Crippen molar-refractivity contribution < 1.29 is 9.59 Å². The van der Waals surface area contributed by atoms with E-state index in [4.69, 9.17) is 23.2 Å². The number of rotatable bonds is 2. The van der Waals surface area contributed by atoms with Crippen LogP contribution < -0.4 is 5.32 Å². The Kier molecular flexibility index (Phi) is 4.50. The Balaban J connectivity index is 1.85. The number of piperidine rings is 1. The van der Waals surface area contributed by atoms with Crippen LogP contribution in [0, 0.1) is 5.92 Å². The van der Waals surface area contributed by atoms with Crippen LogP contribution in [0.25, 0.3) is 10.9 Å². The van der Waals surface area contributed by atoms with Crippen molar-refractivity contribution in [2.24, 2.45) is 5.92 Å². The maximum absolute atomic E-state index is 12.7. The smallest absolute Gasteiger partial charge is 0.270 e. The van der Waals surface area contributed by atoms with Crippen molar-refractivity contribution in [3.05, 3.63) is 33.9 Å². The number of carbonyl (C=O) groups excluding carboxylic acids is 2. The van der Waals surface area contributed by atoms with E-state index in [0.717, 1.165) is 23.7 Å². The molecule has 2 heterocycles. The molecule has 1 atom stereocenters. The average Bonchev–Trinajstić information content (AvgIpc) is 3.02. The predicted molar refractivity (Wildman–Crippen MR) is 91.0 cm³/mol. The standard InChI is InChI=1S/C16H17Cl2N3O2/c1-19-15(22)9-3-2-6-21(8-9)16(23)13-7-10-12(20-13)5-4-11(17)14(10)18/h4-5,7,9,20H,2-3,6,8H2,1H3,(H,19,22). The number of likely N-dealkylation sites (tertiary alicyclic amines) is 1. The van der Waals surface area contributed by atoms with Gasteiger partial charge in [-0.1, -0.05) is 23.2 Å². The van der Waals surface area contributed by atoms with Crippen LogP contribution in [-0.4, -0.2) is 41.8 Å². The van der Waals surface area contributed by atoms with Crippen LogP contribution >= 0.6 is 23.2 Å². The van der Waals surface area contributed by atoms with Gasteiger partial charge in [-0.3, -0.25) is 9.59 Å². The summed E-state index contributed by atoms with van der Waals surface area (Å²) in [4.78, 5) is 29.3.